The van der Waals surface area contributed by atoms with E-state index in [1.807, 2.05) is 11.4 Å². The van der Waals surface area contributed by atoms with Crippen LogP contribution in [0.15, 0.2) is 17.5 Å². The van der Waals surface area contributed by atoms with Crippen LogP contribution in [0, 0.1) is 0 Å². The largest absolute Gasteiger partial charge is 0.478 e. The van der Waals surface area contributed by atoms with Gasteiger partial charge in [0.25, 0.3) is 0 Å². The lowest BCUT2D eigenvalue weighted by molar-refractivity contribution is -0.131. The summed E-state index contributed by atoms with van der Waals surface area (Å²) < 4.78 is 5.88. The summed E-state index contributed by atoms with van der Waals surface area (Å²) in [5, 5.41) is 10.5. The van der Waals surface area contributed by atoms with Crippen molar-refractivity contribution in [3.63, 3.8) is 0 Å². The van der Waals surface area contributed by atoms with Gasteiger partial charge >= 0.3 is 5.97 Å². The molecule has 0 amide bonds. The third-order valence-corrected chi connectivity index (χ3v) is 4.03. The Labute approximate surface area is 111 Å². The molecule has 0 aliphatic heterocycles. The van der Waals surface area contributed by atoms with Gasteiger partial charge < -0.3 is 9.84 Å². The fourth-order valence-corrected chi connectivity index (χ4v) is 2.93. The number of ether oxygens (including phenoxy) is 1. The van der Waals surface area contributed by atoms with Gasteiger partial charge in [0.05, 0.1) is 12.7 Å². The Morgan fingerprint density at radius 1 is 1.44 bits per heavy atom. The Morgan fingerprint density at radius 3 is 2.94 bits per heavy atom. The van der Waals surface area contributed by atoms with Crippen molar-refractivity contribution >= 4 is 23.4 Å². The van der Waals surface area contributed by atoms with Crippen LogP contribution >= 0.6 is 11.3 Å². The lowest BCUT2D eigenvalue weighted by Gasteiger charge is -2.21. The lowest BCUT2D eigenvalue weighted by Crippen LogP contribution is -2.15. The maximum absolute atomic E-state index is 10.4. The molecule has 0 bridgehead atoms. The van der Waals surface area contributed by atoms with Crippen LogP contribution in [0.4, 0.5) is 0 Å². The van der Waals surface area contributed by atoms with Gasteiger partial charge in [-0.3, -0.25) is 0 Å². The molecule has 1 aromatic heterocycles. The number of carboxylic acid groups (broad SMARTS) is 1. The minimum Gasteiger partial charge on any atom is -0.478 e. The first kappa shape index (κ1) is 13.3. The topological polar surface area (TPSA) is 46.5 Å². The molecular weight excluding hydrogens is 248 g/mol. The Hall–Kier alpha value is -1.13. The van der Waals surface area contributed by atoms with E-state index in [-0.39, 0.29) is 0 Å². The summed E-state index contributed by atoms with van der Waals surface area (Å²) in [5.74, 6) is -0.916. The van der Waals surface area contributed by atoms with Crippen molar-refractivity contribution in [3.05, 3.63) is 28.0 Å². The van der Waals surface area contributed by atoms with Crippen molar-refractivity contribution in [2.24, 2.45) is 0 Å². The molecule has 1 aliphatic rings. The summed E-state index contributed by atoms with van der Waals surface area (Å²) in [6, 6.07) is 1.99. The average Bonchev–Trinajstić information content (AvgIpc) is 2.83. The van der Waals surface area contributed by atoms with Gasteiger partial charge in [-0.2, -0.15) is 0 Å². The van der Waals surface area contributed by atoms with Crippen LogP contribution in [0.5, 0.6) is 0 Å². The molecule has 2 rings (SSSR count). The predicted molar refractivity (Wildman–Crippen MR) is 72.7 cm³/mol. The minimum atomic E-state index is -0.916. The molecule has 1 heterocycles. The summed E-state index contributed by atoms with van der Waals surface area (Å²) in [5.41, 5.74) is 0.935. The van der Waals surface area contributed by atoms with Gasteiger partial charge in [0.1, 0.15) is 0 Å². The van der Waals surface area contributed by atoms with Gasteiger partial charge in [0.2, 0.25) is 0 Å². The molecule has 1 aromatic rings. The number of hydrogen-bond acceptors (Lipinski definition) is 3. The summed E-state index contributed by atoms with van der Waals surface area (Å²) >= 11 is 1.62. The van der Waals surface area contributed by atoms with Crippen LogP contribution in [0.3, 0.4) is 0 Å². The molecule has 0 unspecified atom stereocenters. The first-order valence-electron chi connectivity index (χ1n) is 6.34. The molecule has 1 fully saturated rings. The number of carboxylic acids is 1. The van der Waals surface area contributed by atoms with E-state index in [4.69, 9.17) is 9.84 Å². The maximum Gasteiger partial charge on any atom is 0.328 e. The molecule has 1 aliphatic carbocycles. The van der Waals surface area contributed by atoms with Gasteiger partial charge in [-0.25, -0.2) is 4.79 Å². The quantitative estimate of drug-likeness (QED) is 0.827. The smallest absolute Gasteiger partial charge is 0.328 e. The van der Waals surface area contributed by atoms with E-state index in [1.165, 1.54) is 32.1 Å². The summed E-state index contributed by atoms with van der Waals surface area (Å²) in [4.78, 5) is 11.6. The zero-order valence-corrected chi connectivity index (χ0v) is 11.1. The van der Waals surface area contributed by atoms with Crippen LogP contribution in [0.25, 0.3) is 6.08 Å². The zero-order chi connectivity index (χ0) is 12.8. The number of carbonyl (C=O) groups is 1. The second kappa shape index (κ2) is 6.71. The average molecular weight is 266 g/mol. The third-order valence-electron chi connectivity index (χ3n) is 3.11. The van der Waals surface area contributed by atoms with Gasteiger partial charge in [-0.1, -0.05) is 19.3 Å². The summed E-state index contributed by atoms with van der Waals surface area (Å²) in [7, 11) is 0. The van der Waals surface area contributed by atoms with Crippen molar-refractivity contribution in [2.75, 3.05) is 0 Å². The van der Waals surface area contributed by atoms with Crippen molar-refractivity contribution in [2.45, 2.75) is 44.8 Å². The Kier molecular flexibility index (Phi) is 4.96. The SMILES string of the molecule is O=C(O)C=Cc1csc(COC2CCCCC2)c1. The first-order valence-corrected chi connectivity index (χ1v) is 7.22. The third kappa shape index (κ3) is 4.27. The fraction of sp³-hybridized carbons (Fsp3) is 0.500. The Bertz CT molecular complexity index is 416. The van der Waals surface area contributed by atoms with Crippen molar-refractivity contribution < 1.29 is 14.6 Å². The standard InChI is InChI=1S/C14H18O3S/c15-14(16)7-6-11-8-13(18-10-11)9-17-12-4-2-1-3-5-12/h6-8,10,12H,1-5,9H2,(H,15,16). The molecule has 0 aromatic carbocycles. The molecule has 1 saturated carbocycles. The zero-order valence-electron chi connectivity index (χ0n) is 10.3. The number of aliphatic carboxylic acids is 1. The first-order chi connectivity index (χ1) is 8.74. The predicted octanol–water partition coefficient (Wildman–Crippen LogP) is 3.70. The van der Waals surface area contributed by atoms with E-state index >= 15 is 0 Å². The van der Waals surface area contributed by atoms with Crippen LogP contribution in [-0.2, 0) is 16.1 Å². The van der Waals surface area contributed by atoms with Crippen LogP contribution in [0.1, 0.15) is 42.5 Å². The van der Waals surface area contributed by atoms with E-state index in [0.717, 1.165) is 16.5 Å². The monoisotopic (exact) mass is 266 g/mol. The summed E-state index contributed by atoms with van der Waals surface area (Å²) in [6.07, 6.45) is 9.44. The highest BCUT2D eigenvalue weighted by Crippen LogP contribution is 2.23. The number of rotatable bonds is 5. The fourth-order valence-electron chi connectivity index (χ4n) is 2.16. The lowest BCUT2D eigenvalue weighted by atomic mass is 9.98. The van der Waals surface area contributed by atoms with E-state index in [9.17, 15) is 4.79 Å². The maximum atomic E-state index is 10.4. The highest BCUT2D eigenvalue weighted by Gasteiger charge is 2.13. The van der Waals surface area contributed by atoms with E-state index < -0.39 is 5.97 Å². The molecule has 4 heteroatoms. The van der Waals surface area contributed by atoms with Crippen LogP contribution < -0.4 is 0 Å². The second-order valence-corrected chi connectivity index (χ2v) is 5.58. The van der Waals surface area contributed by atoms with Gasteiger partial charge in [-0.15, -0.1) is 11.3 Å². The molecule has 0 atom stereocenters. The molecule has 3 nitrogen and oxygen atoms in total. The molecule has 0 spiro atoms. The van der Waals surface area contributed by atoms with Crippen LogP contribution in [-0.4, -0.2) is 17.2 Å². The number of thiophene rings is 1. The normalized spacial score (nSPS) is 17.3. The molecule has 98 valence electrons. The van der Waals surface area contributed by atoms with Gasteiger partial charge in [0, 0.05) is 11.0 Å². The van der Waals surface area contributed by atoms with Crippen molar-refractivity contribution in [3.8, 4) is 0 Å². The molecule has 1 N–H and O–H groups in total. The molecule has 0 saturated heterocycles. The number of hydrogen-bond donors (Lipinski definition) is 1. The summed E-state index contributed by atoms with van der Waals surface area (Å²) in [6.45, 7) is 0.649. The molecule has 0 radical (unpaired) electrons. The van der Waals surface area contributed by atoms with Gasteiger partial charge in [0.15, 0.2) is 0 Å². The minimum absolute atomic E-state index is 0.416. The van der Waals surface area contributed by atoms with Gasteiger partial charge in [-0.05, 0) is 35.9 Å². The highest BCUT2D eigenvalue weighted by molar-refractivity contribution is 7.10. The Balaban J connectivity index is 1.80. The van der Waals surface area contributed by atoms with Crippen molar-refractivity contribution in [1.29, 1.82) is 0 Å². The van der Waals surface area contributed by atoms with E-state index in [1.54, 1.807) is 17.4 Å². The van der Waals surface area contributed by atoms with E-state index in [2.05, 4.69) is 0 Å². The van der Waals surface area contributed by atoms with Crippen molar-refractivity contribution in [1.82, 2.24) is 0 Å². The Morgan fingerprint density at radius 2 is 2.22 bits per heavy atom. The highest BCUT2D eigenvalue weighted by atomic mass is 32.1. The second-order valence-electron chi connectivity index (χ2n) is 4.59. The van der Waals surface area contributed by atoms with E-state index in [0.29, 0.717) is 12.7 Å². The molecular formula is C14H18O3S. The van der Waals surface area contributed by atoms with Crippen LogP contribution in [0.2, 0.25) is 0 Å². The molecule has 18 heavy (non-hydrogen) atoms.